The fourth-order valence-corrected chi connectivity index (χ4v) is 7.20. The van der Waals surface area contributed by atoms with Crippen LogP contribution in [0.4, 0.5) is 0 Å². The molecule has 6 aliphatic carbocycles. The molecule has 0 amide bonds. The number of rotatable bonds is 2. The minimum absolute atomic E-state index is 0.289. The van der Waals surface area contributed by atoms with Crippen LogP contribution < -0.4 is 0 Å². The van der Waals surface area contributed by atoms with E-state index in [2.05, 4.69) is 0 Å². The average Bonchev–Trinajstić information content (AvgIpc) is 2.16. The topological polar surface area (TPSA) is 34.1 Å². The quantitative estimate of drug-likeness (QED) is 0.668. The molecule has 4 atom stereocenters. The summed E-state index contributed by atoms with van der Waals surface area (Å²) in [5.74, 6) is 3.24. The summed E-state index contributed by atoms with van der Waals surface area (Å²) >= 11 is 11.3. The fourth-order valence-electron chi connectivity index (χ4n) is 6.39. The molecule has 6 rings (SSSR count). The van der Waals surface area contributed by atoms with Crippen LogP contribution >= 0.6 is 23.2 Å². The highest BCUT2D eigenvalue weighted by molar-refractivity contribution is 6.69. The van der Waals surface area contributed by atoms with Crippen LogP contribution in [0.25, 0.3) is 0 Å². The van der Waals surface area contributed by atoms with E-state index in [1.54, 1.807) is 0 Å². The highest BCUT2D eigenvalue weighted by atomic mass is 35.5. The van der Waals surface area contributed by atoms with E-state index >= 15 is 0 Å². The molecule has 0 N–H and O–H groups in total. The van der Waals surface area contributed by atoms with Crippen molar-refractivity contribution in [1.82, 2.24) is 0 Å². The minimum atomic E-state index is -0.470. The maximum absolute atomic E-state index is 11.5. The highest BCUT2D eigenvalue weighted by Crippen LogP contribution is 3.11. The van der Waals surface area contributed by atoms with Gasteiger partial charge in [-0.15, -0.1) is 0 Å². The smallest absolute Gasteiger partial charge is 0.229 e. The van der Waals surface area contributed by atoms with Gasteiger partial charge in [0, 0.05) is 0 Å². The Morgan fingerprint density at radius 1 is 0.786 bits per heavy atom. The number of carbonyl (C=O) groups excluding carboxylic acids is 2. The van der Waals surface area contributed by atoms with Gasteiger partial charge in [-0.1, -0.05) is 0 Å². The normalized spacial score (nSPS) is 77.0. The lowest BCUT2D eigenvalue weighted by Crippen LogP contribution is -3.12. The van der Waals surface area contributed by atoms with Crippen molar-refractivity contribution >= 4 is 33.7 Å². The Balaban J connectivity index is 1.77. The zero-order valence-electron chi connectivity index (χ0n) is 7.04. The Hall–Kier alpha value is -0.0800. The van der Waals surface area contributed by atoms with Gasteiger partial charge < -0.3 is 0 Å². The average molecular weight is 229 g/mol. The lowest BCUT2D eigenvalue weighted by atomic mass is 8.92. The van der Waals surface area contributed by atoms with E-state index in [0.29, 0.717) is 23.7 Å². The van der Waals surface area contributed by atoms with E-state index in [9.17, 15) is 9.59 Å². The monoisotopic (exact) mass is 228 g/mol. The molecule has 6 aliphatic rings. The SMILES string of the molecule is O=C(Cl)C12C3C4C5C3C1(C(=O)Cl)C5C42. The van der Waals surface area contributed by atoms with Gasteiger partial charge in [-0.2, -0.15) is 0 Å². The lowest BCUT2D eigenvalue weighted by Gasteiger charge is -3.09. The second-order valence-electron chi connectivity index (χ2n) is 5.54. The van der Waals surface area contributed by atoms with Crippen molar-refractivity contribution in [3.05, 3.63) is 0 Å². The van der Waals surface area contributed by atoms with Gasteiger partial charge in [-0.3, -0.25) is 9.59 Å². The first kappa shape index (κ1) is 7.24. The minimum Gasteiger partial charge on any atom is -0.281 e. The molecular formula is C10H6Cl2O2. The molecule has 0 spiro atoms. The van der Waals surface area contributed by atoms with E-state index < -0.39 is 10.8 Å². The molecule has 0 aliphatic heterocycles. The third kappa shape index (κ3) is 0.267. The summed E-state index contributed by atoms with van der Waals surface area (Å²) in [7, 11) is 0. The van der Waals surface area contributed by atoms with Crippen LogP contribution in [0.3, 0.4) is 0 Å². The second kappa shape index (κ2) is 1.42. The van der Waals surface area contributed by atoms with Crippen molar-refractivity contribution in [1.29, 1.82) is 0 Å². The van der Waals surface area contributed by atoms with E-state index in [4.69, 9.17) is 23.2 Å². The summed E-state index contributed by atoms with van der Waals surface area (Å²) in [6.45, 7) is 0. The predicted molar refractivity (Wildman–Crippen MR) is 47.5 cm³/mol. The Kier molecular flexibility index (Phi) is 0.735. The molecule has 6 saturated carbocycles. The molecule has 4 unspecified atom stereocenters. The van der Waals surface area contributed by atoms with Crippen LogP contribution in [0.1, 0.15) is 0 Å². The van der Waals surface area contributed by atoms with Gasteiger partial charge in [-0.05, 0) is 58.7 Å². The van der Waals surface area contributed by atoms with Crippen molar-refractivity contribution in [2.75, 3.05) is 0 Å². The first-order chi connectivity index (χ1) is 6.62. The number of carbonyl (C=O) groups is 2. The van der Waals surface area contributed by atoms with Gasteiger partial charge in [0.25, 0.3) is 0 Å². The standard InChI is InChI=1S/C10H6Cl2O2/c11-7(13)9-3-1-2-5(3)10(9,8(12)14)6(2)4(1)9/h1-6H. The predicted octanol–water partition coefficient (Wildman–Crippen LogP) is 1.26. The van der Waals surface area contributed by atoms with E-state index in [0.717, 1.165) is 11.8 Å². The second-order valence-corrected chi connectivity index (χ2v) is 6.23. The van der Waals surface area contributed by atoms with Crippen molar-refractivity contribution in [2.24, 2.45) is 46.3 Å². The van der Waals surface area contributed by atoms with E-state index in [1.165, 1.54) is 0 Å². The largest absolute Gasteiger partial charge is 0.281 e. The number of halogens is 2. The van der Waals surface area contributed by atoms with Gasteiger partial charge in [0.1, 0.15) is 0 Å². The molecule has 72 valence electrons. The van der Waals surface area contributed by atoms with Crippen molar-refractivity contribution in [3.63, 3.8) is 0 Å². The molecule has 0 heterocycles. The molecule has 0 radical (unpaired) electrons. The van der Waals surface area contributed by atoms with Crippen LogP contribution in [0, 0.1) is 46.3 Å². The van der Waals surface area contributed by atoms with E-state index in [1.807, 2.05) is 0 Å². The molecule has 2 nitrogen and oxygen atoms in total. The van der Waals surface area contributed by atoms with Crippen molar-refractivity contribution in [2.45, 2.75) is 0 Å². The molecule has 4 heteroatoms. The van der Waals surface area contributed by atoms with Crippen LogP contribution in [0.15, 0.2) is 0 Å². The van der Waals surface area contributed by atoms with E-state index in [-0.39, 0.29) is 10.5 Å². The highest BCUT2D eigenvalue weighted by Gasteiger charge is 3.13. The van der Waals surface area contributed by atoms with Gasteiger partial charge in [0.2, 0.25) is 10.5 Å². The van der Waals surface area contributed by atoms with Gasteiger partial charge in [0.15, 0.2) is 0 Å². The third-order valence-corrected chi connectivity index (χ3v) is 6.94. The van der Waals surface area contributed by atoms with Crippen LogP contribution in [0.5, 0.6) is 0 Å². The number of hydrogen-bond acceptors (Lipinski definition) is 2. The summed E-state index contributed by atoms with van der Waals surface area (Å²) in [6.07, 6.45) is 0. The van der Waals surface area contributed by atoms with Crippen LogP contribution in [-0.4, -0.2) is 10.5 Å². The Morgan fingerprint density at radius 2 is 1.07 bits per heavy atom. The number of hydrogen-bond donors (Lipinski definition) is 0. The third-order valence-electron chi connectivity index (χ3n) is 6.32. The van der Waals surface area contributed by atoms with Gasteiger partial charge in [-0.25, -0.2) is 0 Å². The van der Waals surface area contributed by atoms with Gasteiger partial charge in [0.05, 0.1) is 10.8 Å². The summed E-state index contributed by atoms with van der Waals surface area (Å²) in [5.41, 5.74) is -0.940. The Morgan fingerprint density at radius 3 is 1.29 bits per heavy atom. The molecular weight excluding hydrogens is 223 g/mol. The van der Waals surface area contributed by atoms with Crippen LogP contribution in [0.2, 0.25) is 0 Å². The molecule has 0 aromatic heterocycles. The molecule has 0 aromatic rings. The Bertz CT molecular complexity index is 395. The molecule has 0 saturated heterocycles. The first-order valence-corrected chi connectivity index (χ1v) is 5.78. The zero-order chi connectivity index (χ0) is 9.62. The summed E-state index contributed by atoms with van der Waals surface area (Å²) < 4.78 is 0. The molecule has 14 heavy (non-hydrogen) atoms. The summed E-state index contributed by atoms with van der Waals surface area (Å²) in [5, 5.41) is -0.577. The molecule has 0 aromatic carbocycles. The maximum atomic E-state index is 11.5. The molecule has 6 fully saturated rings. The van der Waals surface area contributed by atoms with Crippen molar-refractivity contribution < 1.29 is 9.59 Å². The summed E-state index contributed by atoms with van der Waals surface area (Å²) in [6, 6.07) is 0. The van der Waals surface area contributed by atoms with Crippen molar-refractivity contribution in [3.8, 4) is 0 Å². The lowest BCUT2D eigenvalue weighted by molar-refractivity contribution is -0.622. The zero-order valence-corrected chi connectivity index (χ0v) is 8.55. The Labute approximate surface area is 89.9 Å². The molecule has 0 bridgehead atoms. The van der Waals surface area contributed by atoms with Gasteiger partial charge >= 0.3 is 0 Å². The first-order valence-electron chi connectivity index (χ1n) is 5.02. The maximum Gasteiger partial charge on any atom is 0.229 e. The fraction of sp³-hybridized carbons (Fsp3) is 0.800. The van der Waals surface area contributed by atoms with Crippen LogP contribution in [-0.2, 0) is 9.59 Å². The summed E-state index contributed by atoms with van der Waals surface area (Å²) in [4.78, 5) is 23.0.